The summed E-state index contributed by atoms with van der Waals surface area (Å²) in [5, 5.41) is 3.16. The van der Waals surface area contributed by atoms with Gasteiger partial charge in [-0.3, -0.25) is 0 Å². The van der Waals surface area contributed by atoms with Crippen molar-refractivity contribution < 1.29 is 9.53 Å². The molecule has 0 aromatic heterocycles. The van der Waals surface area contributed by atoms with Gasteiger partial charge in [0.25, 0.3) is 0 Å². The molecule has 1 saturated heterocycles. The van der Waals surface area contributed by atoms with Gasteiger partial charge < -0.3 is 10.1 Å². The second-order valence-corrected chi connectivity index (χ2v) is 2.15. The Bertz CT molecular complexity index is 89.1. The zero-order chi connectivity index (χ0) is 6.53. The van der Waals surface area contributed by atoms with Gasteiger partial charge >= 0.3 is 6.47 Å². The second-order valence-electron chi connectivity index (χ2n) is 2.15. The van der Waals surface area contributed by atoms with Crippen LogP contribution in [0.5, 0.6) is 0 Å². The summed E-state index contributed by atoms with van der Waals surface area (Å²) in [6.45, 7) is 3.36. The van der Waals surface area contributed by atoms with Gasteiger partial charge in [0.15, 0.2) is 0 Å². The Balaban J connectivity index is 2.15. The van der Waals surface area contributed by atoms with Crippen molar-refractivity contribution in [2.24, 2.45) is 0 Å². The van der Waals surface area contributed by atoms with Crippen LogP contribution in [0.1, 0.15) is 12.8 Å². The topological polar surface area (TPSA) is 38.3 Å². The van der Waals surface area contributed by atoms with E-state index in [0.29, 0.717) is 0 Å². The van der Waals surface area contributed by atoms with Crippen LogP contribution in [-0.2, 0) is 9.53 Å². The number of nitrogens with one attached hydrogen (secondary N) is 1. The van der Waals surface area contributed by atoms with Gasteiger partial charge in [-0.2, -0.15) is 0 Å². The molecule has 1 N–H and O–H groups in total. The molecule has 1 rings (SSSR count). The van der Waals surface area contributed by atoms with E-state index in [-0.39, 0.29) is 6.10 Å². The number of hydrogen-bond acceptors (Lipinski definition) is 3. The number of piperidine rings is 1. The van der Waals surface area contributed by atoms with Gasteiger partial charge in [-0.1, -0.05) is 0 Å². The third-order valence-electron chi connectivity index (χ3n) is 1.50. The minimum absolute atomic E-state index is 0.115. The van der Waals surface area contributed by atoms with Crippen LogP contribution in [0, 0.1) is 0 Å². The van der Waals surface area contributed by atoms with Crippen molar-refractivity contribution in [3.63, 3.8) is 0 Å². The lowest BCUT2D eigenvalue weighted by atomic mass is 10.1. The van der Waals surface area contributed by atoms with Crippen LogP contribution in [0.15, 0.2) is 0 Å². The fourth-order valence-corrected chi connectivity index (χ4v) is 0.981. The molecule has 0 spiro atoms. The summed E-state index contributed by atoms with van der Waals surface area (Å²) in [6.07, 6.45) is 1.97. The normalized spacial score (nSPS) is 21.3. The molecule has 0 aliphatic carbocycles. The number of carbonyl (C=O) groups excluding carboxylic acids is 1. The summed E-state index contributed by atoms with van der Waals surface area (Å²) in [7, 11) is 0. The van der Waals surface area contributed by atoms with Crippen molar-refractivity contribution >= 4 is 6.47 Å². The molecule has 0 amide bonds. The van der Waals surface area contributed by atoms with E-state index in [9.17, 15) is 4.79 Å². The molecule has 0 bridgehead atoms. The molecule has 0 aromatic rings. The van der Waals surface area contributed by atoms with Crippen molar-refractivity contribution in [2.45, 2.75) is 18.9 Å². The van der Waals surface area contributed by atoms with E-state index >= 15 is 0 Å². The van der Waals surface area contributed by atoms with Crippen LogP contribution in [-0.4, -0.2) is 25.7 Å². The van der Waals surface area contributed by atoms with E-state index in [1.165, 1.54) is 6.47 Å². The summed E-state index contributed by atoms with van der Waals surface area (Å²) in [6, 6.07) is 0. The Morgan fingerprint density at radius 1 is 1.44 bits per heavy atom. The van der Waals surface area contributed by atoms with Gasteiger partial charge in [-0.05, 0) is 25.9 Å². The van der Waals surface area contributed by atoms with Gasteiger partial charge in [0.2, 0.25) is 0 Å². The van der Waals surface area contributed by atoms with Crippen molar-refractivity contribution in [2.75, 3.05) is 13.1 Å². The lowest BCUT2D eigenvalue weighted by Crippen LogP contribution is -2.32. The first kappa shape index (κ1) is 6.55. The summed E-state index contributed by atoms with van der Waals surface area (Å²) in [4.78, 5) is 9.71. The molecule has 9 heavy (non-hydrogen) atoms. The maximum atomic E-state index is 9.71. The first-order valence-electron chi connectivity index (χ1n) is 3.17. The average molecular weight is 128 g/mol. The fourth-order valence-electron chi connectivity index (χ4n) is 0.981. The molecular weight excluding hydrogens is 118 g/mol. The summed E-state index contributed by atoms with van der Waals surface area (Å²) in [5.74, 6) is 0. The molecule has 1 fully saturated rings. The van der Waals surface area contributed by atoms with Crippen LogP contribution in [0.4, 0.5) is 0 Å². The van der Waals surface area contributed by atoms with Gasteiger partial charge in [0, 0.05) is 0 Å². The van der Waals surface area contributed by atoms with Gasteiger partial charge in [-0.15, -0.1) is 0 Å². The maximum absolute atomic E-state index is 9.71. The SMILES string of the molecule is O=[C]OC1CCNCC1. The molecule has 1 heterocycles. The van der Waals surface area contributed by atoms with E-state index in [4.69, 9.17) is 0 Å². The molecule has 0 aromatic carbocycles. The van der Waals surface area contributed by atoms with Crippen LogP contribution >= 0.6 is 0 Å². The second kappa shape index (κ2) is 3.45. The molecule has 1 aliphatic heterocycles. The Morgan fingerprint density at radius 2 is 2.11 bits per heavy atom. The maximum Gasteiger partial charge on any atom is 0.417 e. The third kappa shape index (κ3) is 2.01. The first-order valence-corrected chi connectivity index (χ1v) is 3.17. The van der Waals surface area contributed by atoms with Gasteiger partial charge in [0.1, 0.15) is 6.10 Å². The average Bonchev–Trinajstić information content (AvgIpc) is 1.91. The van der Waals surface area contributed by atoms with Crippen LogP contribution < -0.4 is 5.32 Å². The highest BCUT2D eigenvalue weighted by Gasteiger charge is 2.12. The van der Waals surface area contributed by atoms with E-state index in [1.54, 1.807) is 0 Å². The van der Waals surface area contributed by atoms with Crippen molar-refractivity contribution in [3.05, 3.63) is 0 Å². The van der Waals surface area contributed by atoms with Gasteiger partial charge in [0.05, 0.1) is 0 Å². The largest absolute Gasteiger partial charge is 0.454 e. The Hall–Kier alpha value is -0.570. The fraction of sp³-hybridized carbons (Fsp3) is 0.833. The van der Waals surface area contributed by atoms with Crippen LogP contribution in [0.25, 0.3) is 0 Å². The molecule has 3 heteroatoms. The molecule has 0 atom stereocenters. The molecule has 0 saturated carbocycles. The summed E-state index contributed by atoms with van der Waals surface area (Å²) >= 11 is 0. The Morgan fingerprint density at radius 3 is 2.67 bits per heavy atom. The Labute approximate surface area is 54.4 Å². The number of hydrogen-bond donors (Lipinski definition) is 1. The standard InChI is InChI=1S/C6H10NO2/c8-5-9-6-1-3-7-4-2-6/h6-7H,1-4H2. The molecule has 1 radical (unpaired) electrons. The highest BCUT2D eigenvalue weighted by molar-refractivity contribution is 5.38. The zero-order valence-electron chi connectivity index (χ0n) is 5.22. The summed E-state index contributed by atoms with van der Waals surface area (Å²) < 4.78 is 4.64. The van der Waals surface area contributed by atoms with E-state index in [0.717, 1.165) is 25.9 Å². The number of ether oxygens (including phenoxy) is 1. The first-order chi connectivity index (χ1) is 4.43. The molecule has 0 unspecified atom stereocenters. The molecule has 1 aliphatic rings. The highest BCUT2D eigenvalue weighted by Crippen LogP contribution is 2.04. The van der Waals surface area contributed by atoms with Crippen molar-refractivity contribution in [1.29, 1.82) is 0 Å². The molecular formula is C6H10NO2. The van der Waals surface area contributed by atoms with E-state index in [1.807, 2.05) is 0 Å². The predicted molar refractivity (Wildman–Crippen MR) is 32.7 cm³/mol. The van der Waals surface area contributed by atoms with Crippen LogP contribution in [0.2, 0.25) is 0 Å². The molecule has 51 valence electrons. The smallest absolute Gasteiger partial charge is 0.417 e. The lowest BCUT2D eigenvalue weighted by Gasteiger charge is -2.19. The Kier molecular flexibility index (Phi) is 2.51. The lowest BCUT2D eigenvalue weighted by molar-refractivity contribution is 0.142. The van der Waals surface area contributed by atoms with Crippen molar-refractivity contribution in [3.8, 4) is 0 Å². The van der Waals surface area contributed by atoms with E-state index in [2.05, 4.69) is 10.1 Å². The quantitative estimate of drug-likeness (QED) is 0.560. The summed E-state index contributed by atoms with van der Waals surface area (Å²) in [5.41, 5.74) is 0. The number of rotatable bonds is 2. The third-order valence-corrected chi connectivity index (χ3v) is 1.50. The minimum atomic E-state index is 0.115. The minimum Gasteiger partial charge on any atom is -0.454 e. The highest BCUT2D eigenvalue weighted by atomic mass is 16.5. The molecule has 3 nitrogen and oxygen atoms in total. The monoisotopic (exact) mass is 128 g/mol. The van der Waals surface area contributed by atoms with Crippen LogP contribution in [0.3, 0.4) is 0 Å². The van der Waals surface area contributed by atoms with Crippen molar-refractivity contribution in [1.82, 2.24) is 5.32 Å². The zero-order valence-corrected chi connectivity index (χ0v) is 5.22. The van der Waals surface area contributed by atoms with E-state index < -0.39 is 0 Å². The predicted octanol–water partition coefficient (Wildman–Crippen LogP) is -0.178. The van der Waals surface area contributed by atoms with Gasteiger partial charge in [-0.25, -0.2) is 4.79 Å².